The Morgan fingerprint density at radius 3 is 2.73 bits per heavy atom. The predicted octanol–water partition coefficient (Wildman–Crippen LogP) is 1.79. The van der Waals surface area contributed by atoms with Gasteiger partial charge in [-0.2, -0.15) is 0 Å². The van der Waals surface area contributed by atoms with Crippen LogP contribution in [0.1, 0.15) is 41.6 Å². The van der Waals surface area contributed by atoms with Gasteiger partial charge in [-0.15, -0.1) is 0 Å². The van der Waals surface area contributed by atoms with Gasteiger partial charge in [0.2, 0.25) is 11.8 Å². The van der Waals surface area contributed by atoms with Gasteiger partial charge >= 0.3 is 0 Å². The summed E-state index contributed by atoms with van der Waals surface area (Å²) in [4.78, 5) is 38.1. The molecule has 1 aromatic heterocycles. The van der Waals surface area contributed by atoms with Crippen molar-refractivity contribution in [3.8, 4) is 0 Å². The van der Waals surface area contributed by atoms with Crippen molar-refractivity contribution < 1.29 is 18.8 Å². The number of amides is 3. The van der Waals surface area contributed by atoms with Crippen LogP contribution < -0.4 is 16.0 Å². The Kier molecular flexibility index (Phi) is 5.06. The van der Waals surface area contributed by atoms with E-state index in [2.05, 4.69) is 5.32 Å². The number of carbonyl (C=O) groups is 3. The fourth-order valence-electron chi connectivity index (χ4n) is 3.36. The summed E-state index contributed by atoms with van der Waals surface area (Å²) in [5.74, 6) is -1.18. The molecule has 3 N–H and O–H groups in total. The third-order valence-electron chi connectivity index (χ3n) is 4.61. The zero-order valence-corrected chi connectivity index (χ0v) is 14.5. The molecule has 2 atom stereocenters. The lowest BCUT2D eigenvalue weighted by atomic mass is 9.85. The zero-order valence-electron chi connectivity index (χ0n) is 14.5. The molecule has 0 fully saturated rings. The summed E-state index contributed by atoms with van der Waals surface area (Å²) in [5.41, 5.74) is 7.42. The Bertz CT molecular complexity index is 816. The van der Waals surface area contributed by atoms with E-state index in [1.165, 1.54) is 12.5 Å². The molecule has 0 saturated carbocycles. The molecule has 0 saturated heterocycles. The van der Waals surface area contributed by atoms with Crippen molar-refractivity contribution in [3.05, 3.63) is 54.0 Å². The van der Waals surface area contributed by atoms with E-state index in [1.54, 1.807) is 11.0 Å². The minimum Gasteiger partial charge on any atom is -0.472 e. The SMILES string of the molecule is CC1CC(C(N)=O)c2ccccc2N1C(=O)CCNC(=O)c1ccoc1. The summed E-state index contributed by atoms with van der Waals surface area (Å²) in [6.07, 6.45) is 3.41. The maximum Gasteiger partial charge on any atom is 0.254 e. The van der Waals surface area contributed by atoms with Crippen LogP contribution in [0.3, 0.4) is 0 Å². The van der Waals surface area contributed by atoms with Gasteiger partial charge in [0, 0.05) is 24.7 Å². The van der Waals surface area contributed by atoms with Gasteiger partial charge in [0.05, 0.1) is 17.7 Å². The van der Waals surface area contributed by atoms with Crippen LogP contribution in [0.15, 0.2) is 47.3 Å². The lowest BCUT2D eigenvalue weighted by Gasteiger charge is -2.38. The summed E-state index contributed by atoms with van der Waals surface area (Å²) in [5, 5.41) is 2.70. The molecule has 3 rings (SSSR count). The molecule has 2 unspecified atom stereocenters. The Balaban J connectivity index is 1.69. The van der Waals surface area contributed by atoms with E-state index < -0.39 is 5.92 Å². The Hall–Kier alpha value is -3.09. The molecule has 26 heavy (non-hydrogen) atoms. The highest BCUT2D eigenvalue weighted by atomic mass is 16.3. The monoisotopic (exact) mass is 355 g/mol. The van der Waals surface area contributed by atoms with Crippen LogP contribution in [0.2, 0.25) is 0 Å². The summed E-state index contributed by atoms with van der Waals surface area (Å²) in [6, 6.07) is 8.72. The molecular formula is C19H21N3O4. The predicted molar refractivity (Wildman–Crippen MR) is 95.6 cm³/mol. The van der Waals surface area contributed by atoms with E-state index in [1.807, 2.05) is 31.2 Å². The molecule has 1 aliphatic rings. The number of fused-ring (bicyclic) bond motifs is 1. The molecule has 0 bridgehead atoms. The van der Waals surface area contributed by atoms with Crippen molar-refractivity contribution in [1.82, 2.24) is 5.32 Å². The molecule has 0 radical (unpaired) electrons. The van der Waals surface area contributed by atoms with Crippen molar-refractivity contribution in [3.63, 3.8) is 0 Å². The number of nitrogens with one attached hydrogen (secondary N) is 1. The van der Waals surface area contributed by atoms with Gasteiger partial charge in [0.25, 0.3) is 5.91 Å². The largest absolute Gasteiger partial charge is 0.472 e. The second kappa shape index (κ2) is 7.43. The van der Waals surface area contributed by atoms with Crippen molar-refractivity contribution in [2.24, 2.45) is 5.73 Å². The fourth-order valence-corrected chi connectivity index (χ4v) is 3.36. The number of rotatable bonds is 5. The lowest BCUT2D eigenvalue weighted by molar-refractivity contribution is -0.121. The Morgan fingerprint density at radius 1 is 1.27 bits per heavy atom. The van der Waals surface area contributed by atoms with E-state index >= 15 is 0 Å². The maximum absolute atomic E-state index is 12.8. The number of hydrogen-bond acceptors (Lipinski definition) is 4. The zero-order chi connectivity index (χ0) is 18.7. The average Bonchev–Trinajstić information content (AvgIpc) is 3.15. The second-order valence-electron chi connectivity index (χ2n) is 6.38. The van der Waals surface area contributed by atoms with Gasteiger partial charge in [-0.1, -0.05) is 18.2 Å². The standard InChI is InChI=1S/C19H21N3O4/c1-12-10-15(18(20)24)14-4-2-3-5-16(14)22(12)17(23)6-8-21-19(25)13-7-9-26-11-13/h2-5,7,9,11-12,15H,6,8,10H2,1H3,(H2,20,24)(H,21,25). The summed E-state index contributed by atoms with van der Waals surface area (Å²) >= 11 is 0. The first kappa shape index (κ1) is 17.7. The smallest absolute Gasteiger partial charge is 0.254 e. The number of nitrogens with zero attached hydrogens (tertiary/aromatic N) is 1. The first-order valence-corrected chi connectivity index (χ1v) is 8.49. The summed E-state index contributed by atoms with van der Waals surface area (Å²) in [6.45, 7) is 2.11. The Labute approximate surface area is 151 Å². The van der Waals surface area contributed by atoms with E-state index in [9.17, 15) is 14.4 Å². The van der Waals surface area contributed by atoms with Crippen LogP contribution in [-0.4, -0.2) is 30.3 Å². The highest BCUT2D eigenvalue weighted by molar-refractivity contribution is 5.98. The molecular weight excluding hydrogens is 334 g/mol. The number of primary amides is 1. The first-order valence-electron chi connectivity index (χ1n) is 8.49. The van der Waals surface area contributed by atoms with Gasteiger partial charge in [0.15, 0.2) is 0 Å². The minimum atomic E-state index is -0.397. The molecule has 7 nitrogen and oxygen atoms in total. The lowest BCUT2D eigenvalue weighted by Crippen LogP contribution is -2.46. The molecule has 0 spiro atoms. The van der Waals surface area contributed by atoms with Crippen LogP contribution in [-0.2, 0) is 9.59 Å². The second-order valence-corrected chi connectivity index (χ2v) is 6.38. The first-order chi connectivity index (χ1) is 12.5. The molecule has 136 valence electrons. The van der Waals surface area contributed by atoms with E-state index in [-0.39, 0.29) is 36.7 Å². The van der Waals surface area contributed by atoms with E-state index in [4.69, 9.17) is 10.2 Å². The molecule has 1 aromatic carbocycles. The van der Waals surface area contributed by atoms with Crippen LogP contribution in [0.5, 0.6) is 0 Å². The average molecular weight is 355 g/mol. The van der Waals surface area contributed by atoms with E-state index in [0.717, 1.165) is 5.56 Å². The normalized spacial score (nSPS) is 18.9. The molecule has 1 aliphatic heterocycles. The summed E-state index contributed by atoms with van der Waals surface area (Å²) in [7, 11) is 0. The van der Waals surface area contributed by atoms with Crippen LogP contribution in [0.4, 0.5) is 5.69 Å². The van der Waals surface area contributed by atoms with Gasteiger partial charge in [-0.25, -0.2) is 0 Å². The number of nitrogens with two attached hydrogens (primary N) is 1. The van der Waals surface area contributed by atoms with E-state index in [0.29, 0.717) is 17.7 Å². The van der Waals surface area contributed by atoms with Crippen LogP contribution >= 0.6 is 0 Å². The van der Waals surface area contributed by atoms with Crippen molar-refractivity contribution in [1.29, 1.82) is 0 Å². The molecule has 2 aromatic rings. The van der Waals surface area contributed by atoms with Gasteiger partial charge in [0.1, 0.15) is 6.26 Å². The number of anilines is 1. The summed E-state index contributed by atoms with van der Waals surface area (Å²) < 4.78 is 4.87. The number of furan rings is 1. The maximum atomic E-state index is 12.8. The number of carbonyl (C=O) groups excluding carboxylic acids is 3. The van der Waals surface area contributed by atoms with Gasteiger partial charge in [-0.3, -0.25) is 14.4 Å². The highest BCUT2D eigenvalue weighted by Crippen LogP contribution is 2.38. The van der Waals surface area contributed by atoms with Crippen LogP contribution in [0, 0.1) is 0 Å². The fraction of sp³-hybridized carbons (Fsp3) is 0.316. The van der Waals surface area contributed by atoms with Crippen LogP contribution in [0.25, 0.3) is 0 Å². The highest BCUT2D eigenvalue weighted by Gasteiger charge is 2.35. The number of hydrogen-bond donors (Lipinski definition) is 2. The van der Waals surface area contributed by atoms with Gasteiger partial charge in [-0.05, 0) is 31.0 Å². The van der Waals surface area contributed by atoms with Crippen molar-refractivity contribution >= 4 is 23.4 Å². The van der Waals surface area contributed by atoms with Crippen molar-refractivity contribution in [2.45, 2.75) is 31.7 Å². The minimum absolute atomic E-state index is 0.111. The van der Waals surface area contributed by atoms with Gasteiger partial charge < -0.3 is 20.4 Å². The molecule has 3 amide bonds. The third kappa shape index (κ3) is 3.46. The Morgan fingerprint density at radius 2 is 2.04 bits per heavy atom. The topological polar surface area (TPSA) is 106 Å². The number of benzene rings is 1. The number of para-hydroxylation sites is 1. The van der Waals surface area contributed by atoms with Crippen molar-refractivity contribution in [2.75, 3.05) is 11.4 Å². The third-order valence-corrected chi connectivity index (χ3v) is 4.61. The molecule has 7 heteroatoms. The molecule has 2 heterocycles. The quantitative estimate of drug-likeness (QED) is 0.853. The molecule has 0 aliphatic carbocycles.